The van der Waals surface area contributed by atoms with Crippen molar-refractivity contribution in [1.29, 1.82) is 0 Å². The van der Waals surface area contributed by atoms with Gasteiger partial charge in [0.15, 0.2) is 5.75 Å². The Labute approximate surface area is 120 Å². The quantitative estimate of drug-likeness (QED) is 0.673. The summed E-state index contributed by atoms with van der Waals surface area (Å²) in [6.45, 7) is 1.70. The van der Waals surface area contributed by atoms with E-state index in [1.54, 1.807) is 31.2 Å². The molecule has 6 nitrogen and oxygen atoms in total. The smallest absolute Gasteiger partial charge is 0.336 e. The number of nitrogens with zero attached hydrogens (tertiary/aromatic N) is 1. The molecule has 6 heteroatoms. The highest BCUT2D eigenvalue weighted by atomic mass is 16.6. The van der Waals surface area contributed by atoms with E-state index in [1.165, 1.54) is 18.2 Å². The molecule has 21 heavy (non-hydrogen) atoms. The highest BCUT2D eigenvalue weighted by Crippen LogP contribution is 2.28. The van der Waals surface area contributed by atoms with Crippen molar-refractivity contribution < 1.29 is 19.6 Å². The van der Waals surface area contributed by atoms with Crippen molar-refractivity contribution >= 4 is 11.7 Å². The largest absolute Gasteiger partial charge is 0.482 e. The Bertz CT molecular complexity index is 696. The Balaban J connectivity index is 2.25. The molecule has 0 unspecified atom stereocenters. The maximum atomic E-state index is 11.1. The molecule has 0 saturated carbocycles. The lowest BCUT2D eigenvalue weighted by atomic mass is 10.1. The predicted molar refractivity (Wildman–Crippen MR) is 75.6 cm³/mol. The summed E-state index contributed by atoms with van der Waals surface area (Å²) in [5.74, 6) is -0.946. The first-order chi connectivity index (χ1) is 9.99. The Morgan fingerprint density at radius 2 is 2.00 bits per heavy atom. The number of rotatable bonds is 5. The molecule has 2 rings (SSSR count). The van der Waals surface area contributed by atoms with E-state index >= 15 is 0 Å². The van der Waals surface area contributed by atoms with Gasteiger partial charge in [0.05, 0.1) is 10.5 Å². The third kappa shape index (κ3) is 3.36. The zero-order chi connectivity index (χ0) is 15.4. The summed E-state index contributed by atoms with van der Waals surface area (Å²) in [7, 11) is 0. The SMILES string of the molecule is Cc1ccc(OCc2ccccc2C(=O)O)c([N+](=O)[O-])c1. The molecule has 0 bridgehead atoms. The van der Waals surface area contributed by atoms with Crippen molar-refractivity contribution in [2.45, 2.75) is 13.5 Å². The van der Waals surface area contributed by atoms with Gasteiger partial charge in [-0.3, -0.25) is 10.1 Å². The molecule has 0 radical (unpaired) electrons. The molecular weight excluding hydrogens is 274 g/mol. The molecule has 0 aromatic heterocycles. The van der Waals surface area contributed by atoms with Gasteiger partial charge in [0.2, 0.25) is 0 Å². The van der Waals surface area contributed by atoms with E-state index in [4.69, 9.17) is 9.84 Å². The average Bonchev–Trinajstić information content (AvgIpc) is 2.46. The number of carboxylic acid groups (broad SMARTS) is 1. The molecule has 0 heterocycles. The van der Waals surface area contributed by atoms with Gasteiger partial charge in [-0.2, -0.15) is 0 Å². The molecule has 2 aromatic carbocycles. The molecule has 0 spiro atoms. The minimum Gasteiger partial charge on any atom is -0.482 e. The van der Waals surface area contributed by atoms with Crippen LogP contribution in [0.25, 0.3) is 0 Å². The van der Waals surface area contributed by atoms with E-state index in [1.807, 2.05) is 0 Å². The fourth-order valence-corrected chi connectivity index (χ4v) is 1.90. The van der Waals surface area contributed by atoms with Gasteiger partial charge in [0.1, 0.15) is 6.61 Å². The van der Waals surface area contributed by atoms with Crippen molar-refractivity contribution in [2.24, 2.45) is 0 Å². The van der Waals surface area contributed by atoms with E-state index < -0.39 is 10.9 Å². The minimum atomic E-state index is -1.06. The van der Waals surface area contributed by atoms with Crippen LogP contribution in [0.1, 0.15) is 21.5 Å². The number of carbonyl (C=O) groups is 1. The number of aromatic carboxylic acids is 1. The molecule has 0 amide bonds. The zero-order valence-corrected chi connectivity index (χ0v) is 11.3. The van der Waals surface area contributed by atoms with Gasteiger partial charge >= 0.3 is 11.7 Å². The number of carboxylic acids is 1. The van der Waals surface area contributed by atoms with Gasteiger partial charge in [0, 0.05) is 11.6 Å². The summed E-state index contributed by atoms with van der Waals surface area (Å²) in [4.78, 5) is 21.6. The topological polar surface area (TPSA) is 89.7 Å². The van der Waals surface area contributed by atoms with Gasteiger partial charge in [-0.25, -0.2) is 4.79 Å². The Morgan fingerprint density at radius 3 is 2.67 bits per heavy atom. The zero-order valence-electron chi connectivity index (χ0n) is 11.3. The van der Waals surface area contributed by atoms with Gasteiger partial charge in [-0.1, -0.05) is 24.3 Å². The third-order valence-corrected chi connectivity index (χ3v) is 2.94. The van der Waals surface area contributed by atoms with E-state index in [0.29, 0.717) is 5.56 Å². The number of aryl methyl sites for hydroxylation is 1. The molecule has 0 aliphatic rings. The fourth-order valence-electron chi connectivity index (χ4n) is 1.90. The van der Waals surface area contributed by atoms with Crippen LogP contribution in [0.15, 0.2) is 42.5 Å². The van der Waals surface area contributed by atoms with E-state index in [0.717, 1.165) is 5.56 Å². The van der Waals surface area contributed by atoms with E-state index in [9.17, 15) is 14.9 Å². The van der Waals surface area contributed by atoms with Gasteiger partial charge < -0.3 is 9.84 Å². The number of nitro groups is 1. The minimum absolute atomic E-state index is 0.0492. The van der Waals surface area contributed by atoms with Crippen LogP contribution in [0.2, 0.25) is 0 Å². The first kappa shape index (κ1) is 14.5. The highest BCUT2D eigenvalue weighted by molar-refractivity contribution is 5.89. The summed E-state index contributed by atoms with van der Waals surface area (Å²) in [5.41, 5.74) is 1.19. The van der Waals surface area contributed by atoms with Crippen LogP contribution in [-0.4, -0.2) is 16.0 Å². The number of hydrogen-bond acceptors (Lipinski definition) is 4. The van der Waals surface area contributed by atoms with Gasteiger partial charge in [-0.05, 0) is 24.6 Å². The van der Waals surface area contributed by atoms with Gasteiger partial charge in [0.25, 0.3) is 0 Å². The second-order valence-corrected chi connectivity index (χ2v) is 4.48. The van der Waals surface area contributed by atoms with Crippen LogP contribution >= 0.6 is 0 Å². The first-order valence-electron chi connectivity index (χ1n) is 6.18. The Kier molecular flexibility index (Phi) is 4.18. The van der Waals surface area contributed by atoms with Crippen LogP contribution in [0.5, 0.6) is 5.75 Å². The average molecular weight is 287 g/mol. The van der Waals surface area contributed by atoms with Crippen molar-refractivity contribution in [2.75, 3.05) is 0 Å². The van der Waals surface area contributed by atoms with Crippen LogP contribution in [0.3, 0.4) is 0 Å². The van der Waals surface area contributed by atoms with E-state index in [2.05, 4.69) is 0 Å². The van der Waals surface area contributed by atoms with Gasteiger partial charge in [-0.15, -0.1) is 0 Å². The lowest BCUT2D eigenvalue weighted by molar-refractivity contribution is -0.386. The maximum absolute atomic E-state index is 11.1. The standard InChI is InChI=1S/C15H13NO5/c1-10-6-7-14(13(8-10)16(19)20)21-9-11-4-2-3-5-12(11)15(17)18/h2-8H,9H2,1H3,(H,17,18). The van der Waals surface area contributed by atoms with Crippen molar-refractivity contribution in [3.63, 3.8) is 0 Å². The Hall–Kier alpha value is -2.89. The molecule has 108 valence electrons. The monoisotopic (exact) mass is 287 g/mol. The summed E-state index contributed by atoms with van der Waals surface area (Å²) in [6.07, 6.45) is 0. The summed E-state index contributed by atoms with van der Waals surface area (Å²) < 4.78 is 5.43. The molecule has 0 atom stereocenters. The third-order valence-electron chi connectivity index (χ3n) is 2.94. The number of nitro benzene ring substituents is 1. The first-order valence-corrected chi connectivity index (χ1v) is 6.18. The normalized spacial score (nSPS) is 10.1. The maximum Gasteiger partial charge on any atom is 0.336 e. The molecule has 0 saturated heterocycles. The van der Waals surface area contributed by atoms with Crippen LogP contribution in [-0.2, 0) is 6.61 Å². The van der Waals surface area contributed by atoms with E-state index in [-0.39, 0.29) is 23.6 Å². The van der Waals surface area contributed by atoms with Crippen molar-refractivity contribution in [3.05, 3.63) is 69.3 Å². The van der Waals surface area contributed by atoms with Crippen LogP contribution < -0.4 is 4.74 Å². The molecular formula is C15H13NO5. The second-order valence-electron chi connectivity index (χ2n) is 4.48. The number of hydrogen-bond donors (Lipinski definition) is 1. The molecule has 2 aromatic rings. The van der Waals surface area contributed by atoms with Crippen LogP contribution in [0, 0.1) is 17.0 Å². The van der Waals surface area contributed by atoms with Crippen molar-refractivity contribution in [3.8, 4) is 5.75 Å². The lowest BCUT2D eigenvalue weighted by Gasteiger charge is -2.09. The molecule has 0 aliphatic carbocycles. The summed E-state index contributed by atoms with van der Waals surface area (Å²) >= 11 is 0. The summed E-state index contributed by atoms with van der Waals surface area (Å²) in [5, 5.41) is 20.1. The number of ether oxygens (including phenoxy) is 1. The number of benzene rings is 2. The highest BCUT2D eigenvalue weighted by Gasteiger charge is 2.16. The predicted octanol–water partition coefficient (Wildman–Crippen LogP) is 3.18. The molecule has 0 aliphatic heterocycles. The van der Waals surface area contributed by atoms with Crippen LogP contribution in [0.4, 0.5) is 5.69 Å². The second kappa shape index (κ2) is 6.04. The lowest BCUT2D eigenvalue weighted by Crippen LogP contribution is -2.06. The molecule has 1 N–H and O–H groups in total. The Morgan fingerprint density at radius 1 is 1.29 bits per heavy atom. The van der Waals surface area contributed by atoms with Crippen molar-refractivity contribution in [1.82, 2.24) is 0 Å². The fraction of sp³-hybridized carbons (Fsp3) is 0.133. The molecule has 0 fully saturated rings. The summed E-state index contributed by atoms with van der Waals surface area (Å²) in [6, 6.07) is 11.0.